The summed E-state index contributed by atoms with van der Waals surface area (Å²) < 4.78 is 21.3. The number of nitrogens with zero attached hydrogens (tertiary/aromatic N) is 4. The van der Waals surface area contributed by atoms with E-state index in [9.17, 15) is 0 Å². The van der Waals surface area contributed by atoms with E-state index in [1.165, 1.54) is 18.5 Å². The van der Waals surface area contributed by atoms with Gasteiger partial charge in [-0.3, -0.25) is 10.1 Å². The van der Waals surface area contributed by atoms with Crippen molar-refractivity contribution < 1.29 is 9.13 Å². The lowest BCUT2D eigenvalue weighted by Crippen LogP contribution is -2.69. The van der Waals surface area contributed by atoms with Crippen LogP contribution in [-0.4, -0.2) is 44.8 Å². The van der Waals surface area contributed by atoms with Crippen molar-refractivity contribution in [2.24, 2.45) is 0 Å². The summed E-state index contributed by atoms with van der Waals surface area (Å²) in [5.74, 6) is 0.587. The predicted octanol–water partition coefficient (Wildman–Crippen LogP) is 6.57. The molecule has 0 saturated carbocycles. The van der Waals surface area contributed by atoms with Gasteiger partial charge in [-0.15, -0.1) is 0 Å². The third-order valence-corrected chi connectivity index (χ3v) is 7.43. The molecule has 0 amide bonds. The zero-order valence-corrected chi connectivity index (χ0v) is 22.7. The van der Waals surface area contributed by atoms with Crippen LogP contribution in [0.15, 0.2) is 42.9 Å². The number of nitrogens with one attached hydrogen (secondary N) is 2. The SMILES string of the molecule is CC[C@H](C)NC1(C)CN(c2ncc(-c3n[nH]c4ccc(O[C@H](C)c5c(Cl)cncc5Cl)cc34)cc2F)C1. The Kier molecular flexibility index (Phi) is 7.00. The van der Waals surface area contributed by atoms with E-state index < -0.39 is 6.10 Å². The minimum atomic E-state index is -0.411. The first-order valence-electron chi connectivity index (χ1n) is 12.3. The van der Waals surface area contributed by atoms with Crippen LogP contribution in [0.2, 0.25) is 10.0 Å². The van der Waals surface area contributed by atoms with Crippen molar-refractivity contribution in [3.63, 3.8) is 0 Å². The van der Waals surface area contributed by atoms with Crippen LogP contribution < -0.4 is 15.0 Å². The molecule has 1 aliphatic rings. The Bertz CT molecular complexity index is 1420. The summed E-state index contributed by atoms with van der Waals surface area (Å²) in [5.41, 5.74) is 2.60. The van der Waals surface area contributed by atoms with Gasteiger partial charge in [-0.05, 0) is 51.5 Å². The highest BCUT2D eigenvalue weighted by Crippen LogP contribution is 2.36. The van der Waals surface area contributed by atoms with Crippen molar-refractivity contribution in [1.82, 2.24) is 25.5 Å². The average molecular weight is 543 g/mol. The van der Waals surface area contributed by atoms with Crippen molar-refractivity contribution in [3.8, 4) is 17.0 Å². The third kappa shape index (κ3) is 5.10. The minimum Gasteiger partial charge on any atom is -0.486 e. The molecule has 5 rings (SSSR count). The monoisotopic (exact) mass is 542 g/mol. The Hall–Kier alpha value is -2.94. The number of aromatic nitrogens is 4. The highest BCUT2D eigenvalue weighted by atomic mass is 35.5. The number of ether oxygens (including phenoxy) is 1. The first kappa shape index (κ1) is 25.7. The highest BCUT2D eigenvalue weighted by Gasteiger charge is 2.40. The van der Waals surface area contributed by atoms with Gasteiger partial charge in [0.05, 0.1) is 21.1 Å². The maximum atomic E-state index is 15.2. The van der Waals surface area contributed by atoms with Crippen LogP contribution in [0, 0.1) is 5.82 Å². The number of fused-ring (bicyclic) bond motifs is 1. The van der Waals surface area contributed by atoms with Gasteiger partial charge < -0.3 is 15.0 Å². The van der Waals surface area contributed by atoms with Crippen LogP contribution in [0.3, 0.4) is 0 Å². The van der Waals surface area contributed by atoms with Gasteiger partial charge in [0, 0.05) is 54.2 Å². The Morgan fingerprint density at radius 2 is 1.89 bits per heavy atom. The minimum absolute atomic E-state index is 0.0428. The topological polar surface area (TPSA) is 79.0 Å². The van der Waals surface area contributed by atoms with Gasteiger partial charge in [0.15, 0.2) is 11.6 Å². The molecule has 10 heteroatoms. The predicted molar refractivity (Wildman–Crippen MR) is 146 cm³/mol. The van der Waals surface area contributed by atoms with Crippen molar-refractivity contribution in [2.75, 3.05) is 18.0 Å². The summed E-state index contributed by atoms with van der Waals surface area (Å²) in [4.78, 5) is 10.4. The number of aromatic amines is 1. The van der Waals surface area contributed by atoms with E-state index in [0.29, 0.717) is 57.6 Å². The third-order valence-electron chi connectivity index (χ3n) is 6.83. The molecule has 0 radical (unpaired) electrons. The maximum Gasteiger partial charge on any atom is 0.166 e. The smallest absolute Gasteiger partial charge is 0.166 e. The second-order valence-corrected chi connectivity index (χ2v) is 10.8. The number of hydrogen-bond acceptors (Lipinski definition) is 6. The molecule has 0 bridgehead atoms. The van der Waals surface area contributed by atoms with E-state index >= 15 is 4.39 Å². The number of rotatable bonds is 8. The highest BCUT2D eigenvalue weighted by molar-refractivity contribution is 6.35. The number of hydrogen-bond donors (Lipinski definition) is 2. The standard InChI is InChI=1S/C27H29Cl2FN6O/c1-5-15(2)33-27(4)13-36(14-27)26-22(30)8-17(10-32-26)25-19-9-18(6-7-23(19)34-35-25)37-16(3)24-20(28)11-31-12-21(24)29/h6-12,15-16,33H,5,13-14H2,1-4H3,(H,34,35)/t15-,16+/m0/s1. The summed E-state index contributed by atoms with van der Waals surface area (Å²) in [5, 5.41) is 12.7. The molecule has 0 spiro atoms. The summed E-state index contributed by atoms with van der Waals surface area (Å²) in [6, 6.07) is 7.46. The summed E-state index contributed by atoms with van der Waals surface area (Å²) in [6.07, 6.45) is 5.37. The van der Waals surface area contributed by atoms with Crippen LogP contribution in [0.4, 0.5) is 10.2 Å². The maximum absolute atomic E-state index is 15.2. The zero-order valence-electron chi connectivity index (χ0n) is 21.1. The van der Waals surface area contributed by atoms with Gasteiger partial charge in [0.1, 0.15) is 17.5 Å². The lowest BCUT2D eigenvalue weighted by Gasteiger charge is -2.50. The lowest BCUT2D eigenvalue weighted by atomic mass is 9.90. The van der Waals surface area contributed by atoms with Crippen LogP contribution in [-0.2, 0) is 0 Å². The molecule has 0 unspecified atom stereocenters. The normalized spacial score (nSPS) is 16.5. The van der Waals surface area contributed by atoms with Crippen molar-refractivity contribution >= 4 is 39.9 Å². The van der Waals surface area contributed by atoms with E-state index in [1.807, 2.05) is 30.0 Å². The molecule has 1 aliphatic heterocycles. The lowest BCUT2D eigenvalue weighted by molar-refractivity contribution is 0.227. The van der Waals surface area contributed by atoms with Crippen LogP contribution in [0.1, 0.15) is 45.8 Å². The first-order chi connectivity index (χ1) is 17.7. The average Bonchev–Trinajstić information content (AvgIpc) is 3.25. The molecule has 4 aromatic rings. The van der Waals surface area contributed by atoms with Crippen molar-refractivity contribution in [3.05, 3.63) is 64.3 Å². The van der Waals surface area contributed by atoms with Crippen molar-refractivity contribution in [2.45, 2.75) is 51.8 Å². The largest absolute Gasteiger partial charge is 0.486 e. The summed E-state index contributed by atoms with van der Waals surface area (Å²) >= 11 is 12.6. The fourth-order valence-corrected chi connectivity index (χ4v) is 5.56. The Labute approximate surface area is 225 Å². The molecule has 7 nitrogen and oxygen atoms in total. The number of pyridine rings is 2. The fraction of sp³-hybridized carbons (Fsp3) is 0.370. The molecule has 1 aromatic carbocycles. The van der Waals surface area contributed by atoms with Gasteiger partial charge in [-0.25, -0.2) is 9.37 Å². The molecule has 194 valence electrons. The number of H-pyrrole nitrogens is 1. The Morgan fingerprint density at radius 3 is 2.57 bits per heavy atom. The Balaban J connectivity index is 1.36. The van der Waals surface area contributed by atoms with Gasteiger partial charge in [0.2, 0.25) is 0 Å². The summed E-state index contributed by atoms with van der Waals surface area (Å²) in [6.45, 7) is 9.75. The molecular weight excluding hydrogens is 514 g/mol. The fourth-order valence-electron chi connectivity index (χ4n) is 4.89. The number of anilines is 1. The molecule has 2 atom stereocenters. The molecule has 0 aliphatic carbocycles. The van der Waals surface area contributed by atoms with E-state index in [4.69, 9.17) is 27.9 Å². The molecule has 2 N–H and O–H groups in total. The first-order valence-corrected chi connectivity index (χ1v) is 13.1. The van der Waals surface area contributed by atoms with Gasteiger partial charge in [0.25, 0.3) is 0 Å². The second kappa shape index (κ2) is 10.1. The molecule has 37 heavy (non-hydrogen) atoms. The molecule has 1 saturated heterocycles. The van der Waals surface area contributed by atoms with E-state index in [0.717, 1.165) is 17.3 Å². The molecule has 4 heterocycles. The van der Waals surface area contributed by atoms with Crippen LogP contribution in [0.5, 0.6) is 5.75 Å². The quantitative estimate of drug-likeness (QED) is 0.262. The Morgan fingerprint density at radius 1 is 1.16 bits per heavy atom. The number of halogens is 3. The second-order valence-electron chi connectivity index (χ2n) is 9.96. The van der Waals surface area contributed by atoms with Crippen LogP contribution in [0.25, 0.3) is 22.2 Å². The van der Waals surface area contributed by atoms with Crippen molar-refractivity contribution in [1.29, 1.82) is 0 Å². The van der Waals surface area contributed by atoms with E-state index in [2.05, 4.69) is 46.3 Å². The molecule has 1 fully saturated rings. The van der Waals surface area contributed by atoms with Gasteiger partial charge >= 0.3 is 0 Å². The van der Waals surface area contributed by atoms with Gasteiger partial charge in [-0.1, -0.05) is 30.1 Å². The van der Waals surface area contributed by atoms with E-state index in [1.54, 1.807) is 6.20 Å². The van der Waals surface area contributed by atoms with Gasteiger partial charge in [-0.2, -0.15) is 5.10 Å². The van der Waals surface area contributed by atoms with E-state index in [-0.39, 0.29) is 11.4 Å². The summed E-state index contributed by atoms with van der Waals surface area (Å²) in [7, 11) is 0. The zero-order chi connectivity index (χ0) is 26.3. The molecular formula is C27H29Cl2FN6O. The molecule has 3 aromatic heterocycles. The number of benzene rings is 1. The van der Waals surface area contributed by atoms with Crippen LogP contribution >= 0.6 is 23.2 Å².